The maximum absolute atomic E-state index is 13.5. The van der Waals surface area contributed by atoms with Gasteiger partial charge >= 0.3 is 0 Å². The molecule has 208 valence electrons. The molecule has 0 bridgehead atoms. The molecule has 3 aromatic carbocycles. The second kappa shape index (κ2) is 12.0. The number of thioether (sulfide) groups is 1. The molecule has 5 rings (SSSR count). The first-order valence-electron chi connectivity index (χ1n) is 13.0. The van der Waals surface area contributed by atoms with Crippen LogP contribution in [0.4, 0.5) is 5.13 Å². The number of ketones is 1. The van der Waals surface area contributed by atoms with Crippen molar-refractivity contribution in [2.45, 2.75) is 42.3 Å². The van der Waals surface area contributed by atoms with Crippen molar-refractivity contribution in [2.24, 2.45) is 0 Å². The molecular weight excluding hydrogens is 574 g/mol. The molecule has 0 saturated carbocycles. The van der Waals surface area contributed by atoms with Gasteiger partial charge in [-0.2, -0.15) is 0 Å². The quantitative estimate of drug-likeness (QED) is 0.125. The highest BCUT2D eigenvalue weighted by Gasteiger charge is 2.45. The van der Waals surface area contributed by atoms with Gasteiger partial charge in [0.15, 0.2) is 15.9 Å². The Hall–Kier alpha value is -3.72. The van der Waals surface area contributed by atoms with E-state index in [2.05, 4.69) is 31.0 Å². The summed E-state index contributed by atoms with van der Waals surface area (Å²) < 4.78 is 0.660. The van der Waals surface area contributed by atoms with Crippen LogP contribution in [-0.2, 0) is 20.8 Å². The minimum Gasteiger partial charge on any atom is -0.503 e. The van der Waals surface area contributed by atoms with E-state index in [9.17, 15) is 14.7 Å². The van der Waals surface area contributed by atoms with E-state index < -0.39 is 23.5 Å². The summed E-state index contributed by atoms with van der Waals surface area (Å²) in [6.45, 7) is 6.35. The molecule has 4 aromatic rings. The molecule has 1 aliphatic rings. The number of benzene rings is 3. The first kappa shape index (κ1) is 28.8. The van der Waals surface area contributed by atoms with E-state index >= 15 is 0 Å². The number of hydrogen-bond acceptors (Lipinski definition) is 7. The summed E-state index contributed by atoms with van der Waals surface area (Å²) in [6.07, 6.45) is 3.06. The smallest absolute Gasteiger partial charge is 0.296 e. The molecule has 9 heteroatoms. The minimum absolute atomic E-state index is 0.0104. The molecule has 1 unspecified atom stereocenters. The second-order valence-electron chi connectivity index (χ2n) is 10.6. The average Bonchev–Trinajstić information content (AvgIpc) is 3.53. The second-order valence-corrected chi connectivity index (χ2v) is 13.2. The molecule has 41 heavy (non-hydrogen) atoms. The van der Waals surface area contributed by atoms with Crippen molar-refractivity contribution >= 4 is 57.6 Å². The molecule has 0 aliphatic carbocycles. The van der Waals surface area contributed by atoms with Crippen LogP contribution in [0.25, 0.3) is 6.08 Å². The van der Waals surface area contributed by atoms with Crippen molar-refractivity contribution in [1.29, 1.82) is 0 Å². The molecule has 6 nitrogen and oxygen atoms in total. The van der Waals surface area contributed by atoms with Crippen molar-refractivity contribution in [1.82, 2.24) is 10.2 Å². The predicted molar refractivity (Wildman–Crippen MR) is 166 cm³/mol. The van der Waals surface area contributed by atoms with Crippen molar-refractivity contribution < 1.29 is 14.7 Å². The van der Waals surface area contributed by atoms with Gasteiger partial charge < -0.3 is 5.11 Å². The van der Waals surface area contributed by atoms with Gasteiger partial charge in [-0.15, -0.1) is 10.2 Å². The van der Waals surface area contributed by atoms with Crippen LogP contribution in [0.1, 0.15) is 49.1 Å². The highest BCUT2D eigenvalue weighted by atomic mass is 35.5. The van der Waals surface area contributed by atoms with Crippen molar-refractivity contribution in [2.75, 3.05) is 4.90 Å². The Balaban J connectivity index is 1.48. The Bertz CT molecular complexity index is 1620. The lowest BCUT2D eigenvalue weighted by molar-refractivity contribution is -0.117. The van der Waals surface area contributed by atoms with Crippen molar-refractivity contribution in [3.05, 3.63) is 124 Å². The fourth-order valence-electron chi connectivity index (χ4n) is 4.44. The predicted octanol–water partition coefficient (Wildman–Crippen LogP) is 7.96. The topological polar surface area (TPSA) is 83.4 Å². The van der Waals surface area contributed by atoms with Crippen LogP contribution in [-0.4, -0.2) is 27.0 Å². The van der Waals surface area contributed by atoms with E-state index in [4.69, 9.17) is 11.6 Å². The van der Waals surface area contributed by atoms with Crippen LogP contribution in [0.5, 0.6) is 0 Å². The van der Waals surface area contributed by atoms with E-state index in [-0.39, 0.29) is 11.0 Å². The molecule has 1 atom stereocenters. The minimum atomic E-state index is -0.855. The molecule has 2 heterocycles. The summed E-state index contributed by atoms with van der Waals surface area (Å²) in [5.41, 5.74) is 3.64. The van der Waals surface area contributed by atoms with Crippen LogP contribution in [0.15, 0.2) is 101 Å². The maximum Gasteiger partial charge on any atom is 0.296 e. The summed E-state index contributed by atoms with van der Waals surface area (Å²) in [4.78, 5) is 28.4. The highest BCUT2D eigenvalue weighted by Crippen LogP contribution is 2.43. The van der Waals surface area contributed by atoms with Gasteiger partial charge in [-0.25, -0.2) is 0 Å². The third-order valence-corrected chi connectivity index (χ3v) is 9.05. The Morgan fingerprint density at radius 3 is 2.37 bits per heavy atom. The lowest BCUT2D eigenvalue weighted by atomic mass is 9.85. The van der Waals surface area contributed by atoms with Gasteiger partial charge in [-0.3, -0.25) is 14.5 Å². The first-order chi connectivity index (χ1) is 19.6. The molecule has 0 saturated heterocycles. The largest absolute Gasteiger partial charge is 0.503 e. The van der Waals surface area contributed by atoms with Gasteiger partial charge in [-0.05, 0) is 45.9 Å². The zero-order chi connectivity index (χ0) is 29.1. The SMILES string of the molecule is CC(C)(C)c1ccc(C2C(C(=O)/C=C/c3ccccc3)=C(O)C(=O)N2c2nnc(SCc3ccc(Cl)cc3)s2)cc1. The fraction of sp³-hybridized carbons (Fsp3) is 0.188. The van der Waals surface area contributed by atoms with E-state index in [0.717, 1.165) is 16.7 Å². The Labute approximate surface area is 252 Å². The normalized spacial score (nSPS) is 15.8. The van der Waals surface area contributed by atoms with Gasteiger partial charge in [0.25, 0.3) is 5.91 Å². The monoisotopic (exact) mass is 601 g/mol. The van der Waals surface area contributed by atoms with Gasteiger partial charge in [-0.1, -0.05) is 128 Å². The van der Waals surface area contributed by atoms with E-state index in [1.54, 1.807) is 6.08 Å². The molecule has 0 fully saturated rings. The summed E-state index contributed by atoms with van der Waals surface area (Å²) in [5.74, 6) is -1.07. The Morgan fingerprint density at radius 2 is 1.71 bits per heavy atom. The molecule has 1 amide bonds. The average molecular weight is 602 g/mol. The number of carbonyl (C=O) groups is 2. The number of hydrogen-bond donors (Lipinski definition) is 1. The zero-order valence-electron chi connectivity index (χ0n) is 22.7. The van der Waals surface area contributed by atoms with Crippen molar-refractivity contribution in [3.63, 3.8) is 0 Å². The van der Waals surface area contributed by atoms with Crippen LogP contribution in [0.3, 0.4) is 0 Å². The number of aliphatic hydroxyl groups is 1. The lowest BCUT2D eigenvalue weighted by Crippen LogP contribution is -2.31. The number of anilines is 1. The van der Waals surface area contributed by atoms with Crippen molar-refractivity contribution in [3.8, 4) is 0 Å². The first-order valence-corrected chi connectivity index (χ1v) is 15.1. The Morgan fingerprint density at radius 1 is 1.02 bits per heavy atom. The molecule has 0 spiro atoms. The van der Waals surface area contributed by atoms with E-state index in [1.165, 1.54) is 34.1 Å². The standard InChI is InChI=1S/C32H28ClN3O3S2/c1-32(2,3)23-14-12-22(13-15-23)27-26(25(37)18-11-20-7-5-4-6-8-20)28(38)29(39)36(27)30-34-35-31(41-30)40-19-21-9-16-24(33)17-10-21/h4-18,27,38H,19H2,1-3H3/b18-11+. The number of aliphatic hydroxyl groups excluding tert-OH is 1. The summed E-state index contributed by atoms with van der Waals surface area (Å²) >= 11 is 8.72. The number of aromatic nitrogens is 2. The summed E-state index contributed by atoms with van der Waals surface area (Å²) in [7, 11) is 0. The van der Waals surface area contributed by atoms with Gasteiger partial charge in [0.05, 0.1) is 11.6 Å². The number of allylic oxidation sites excluding steroid dienone is 1. The molecule has 1 aromatic heterocycles. The van der Waals surface area contributed by atoms with E-state index in [1.807, 2.05) is 78.9 Å². The van der Waals surface area contributed by atoms with Crippen LogP contribution >= 0.6 is 34.7 Å². The van der Waals surface area contributed by atoms with Gasteiger partial charge in [0.1, 0.15) is 0 Å². The Kier molecular flexibility index (Phi) is 8.45. The van der Waals surface area contributed by atoms with E-state index in [0.29, 0.717) is 25.8 Å². The molecule has 1 aliphatic heterocycles. The van der Waals surface area contributed by atoms with Gasteiger partial charge in [0, 0.05) is 10.8 Å². The number of carbonyl (C=O) groups excluding carboxylic acids is 2. The van der Waals surface area contributed by atoms with Crippen LogP contribution in [0, 0.1) is 0 Å². The van der Waals surface area contributed by atoms with Gasteiger partial charge in [0.2, 0.25) is 5.13 Å². The third-order valence-electron chi connectivity index (χ3n) is 6.67. The maximum atomic E-state index is 13.5. The molecule has 0 radical (unpaired) electrons. The number of nitrogens with zero attached hydrogens (tertiary/aromatic N) is 3. The molecular formula is C32H28ClN3O3S2. The molecule has 1 N–H and O–H groups in total. The summed E-state index contributed by atoms with van der Waals surface area (Å²) in [5, 5.41) is 20.6. The summed E-state index contributed by atoms with van der Waals surface area (Å²) in [6, 6.07) is 23.9. The zero-order valence-corrected chi connectivity index (χ0v) is 25.1. The number of halogens is 1. The lowest BCUT2D eigenvalue weighted by Gasteiger charge is -2.25. The highest BCUT2D eigenvalue weighted by molar-refractivity contribution is 8.00. The third kappa shape index (κ3) is 6.45. The fourth-order valence-corrected chi connectivity index (χ4v) is 6.39. The number of amides is 1. The van der Waals surface area contributed by atoms with Crippen LogP contribution < -0.4 is 4.90 Å². The van der Waals surface area contributed by atoms with Crippen LogP contribution in [0.2, 0.25) is 5.02 Å². The number of rotatable bonds is 8.